The first kappa shape index (κ1) is 31.9. The molecule has 0 aliphatic carbocycles. The molecule has 8 nitrogen and oxygen atoms in total. The van der Waals surface area contributed by atoms with Crippen LogP contribution in [0.4, 0.5) is 5.69 Å². The van der Waals surface area contributed by atoms with Crippen LogP contribution in [0, 0.1) is 0 Å². The van der Waals surface area contributed by atoms with Crippen molar-refractivity contribution in [2.75, 3.05) is 26.6 Å². The van der Waals surface area contributed by atoms with Gasteiger partial charge in [-0.1, -0.05) is 47.5 Å². The Morgan fingerprint density at radius 3 is 1.93 bits per heavy atom. The molecule has 0 unspecified atom stereocenters. The number of carbonyl (C=O) groups is 3. The Labute approximate surface area is 264 Å². The van der Waals surface area contributed by atoms with E-state index in [1.54, 1.807) is 91.0 Å². The SMILES string of the molecule is COc1cc(OC)c(OC)cc1/C=C(\NC(=O)c1ccccc1)C(=O)Nc1ccc(C(=O)/C=C/c2c(Cl)cccc2Cl)cc1. The van der Waals surface area contributed by atoms with Gasteiger partial charge in [0, 0.05) is 44.1 Å². The number of hydrogen-bond acceptors (Lipinski definition) is 6. The Morgan fingerprint density at radius 2 is 1.32 bits per heavy atom. The fourth-order valence-electron chi connectivity index (χ4n) is 4.10. The summed E-state index contributed by atoms with van der Waals surface area (Å²) >= 11 is 12.4. The monoisotopic (exact) mass is 630 g/mol. The fourth-order valence-corrected chi connectivity index (χ4v) is 4.63. The zero-order valence-corrected chi connectivity index (χ0v) is 25.5. The maximum absolute atomic E-state index is 13.5. The average molecular weight is 632 g/mol. The van der Waals surface area contributed by atoms with Crippen molar-refractivity contribution in [2.45, 2.75) is 0 Å². The number of allylic oxidation sites excluding steroid dienone is 1. The summed E-state index contributed by atoms with van der Waals surface area (Å²) in [7, 11) is 4.45. The Morgan fingerprint density at radius 1 is 0.705 bits per heavy atom. The lowest BCUT2D eigenvalue weighted by atomic mass is 10.1. The molecule has 4 aromatic rings. The molecule has 4 aromatic carbocycles. The van der Waals surface area contributed by atoms with Crippen LogP contribution < -0.4 is 24.8 Å². The van der Waals surface area contributed by atoms with Crippen LogP contribution in [0.3, 0.4) is 0 Å². The van der Waals surface area contributed by atoms with E-state index in [-0.39, 0.29) is 11.5 Å². The molecule has 0 heterocycles. The molecule has 0 atom stereocenters. The Bertz CT molecular complexity index is 1710. The maximum Gasteiger partial charge on any atom is 0.272 e. The molecule has 0 aliphatic rings. The first-order valence-electron chi connectivity index (χ1n) is 13.2. The van der Waals surface area contributed by atoms with Gasteiger partial charge in [-0.2, -0.15) is 0 Å². The van der Waals surface area contributed by atoms with Crippen LogP contribution in [0.5, 0.6) is 17.2 Å². The van der Waals surface area contributed by atoms with Gasteiger partial charge in [0.25, 0.3) is 11.8 Å². The third-order valence-corrected chi connectivity index (χ3v) is 7.05. The molecule has 0 fully saturated rings. The molecule has 0 spiro atoms. The number of nitrogens with one attached hydrogen (secondary N) is 2. The molecule has 4 rings (SSSR count). The van der Waals surface area contributed by atoms with Crippen LogP contribution in [-0.4, -0.2) is 38.9 Å². The lowest BCUT2D eigenvalue weighted by molar-refractivity contribution is -0.113. The lowest BCUT2D eigenvalue weighted by Crippen LogP contribution is -2.30. The summed E-state index contributed by atoms with van der Waals surface area (Å²) in [6.45, 7) is 0. The number of hydrogen-bond donors (Lipinski definition) is 2. The molecule has 0 saturated carbocycles. The zero-order valence-electron chi connectivity index (χ0n) is 24.0. The summed E-state index contributed by atoms with van der Waals surface area (Å²) in [4.78, 5) is 39.3. The second-order valence-corrected chi connectivity index (χ2v) is 10.0. The highest BCUT2D eigenvalue weighted by Crippen LogP contribution is 2.35. The molecule has 0 aromatic heterocycles. The molecule has 2 amide bonds. The van der Waals surface area contributed by atoms with E-state index in [2.05, 4.69) is 10.6 Å². The number of amides is 2. The quantitative estimate of drug-likeness (QED) is 0.133. The van der Waals surface area contributed by atoms with Crippen LogP contribution in [0.25, 0.3) is 12.2 Å². The van der Waals surface area contributed by atoms with E-state index in [0.717, 1.165) is 0 Å². The summed E-state index contributed by atoms with van der Waals surface area (Å²) in [5.41, 5.74) is 2.06. The van der Waals surface area contributed by atoms with Crippen molar-refractivity contribution >= 4 is 58.6 Å². The highest BCUT2D eigenvalue weighted by Gasteiger charge is 2.18. The summed E-state index contributed by atoms with van der Waals surface area (Å²) in [6.07, 6.45) is 4.40. The van der Waals surface area contributed by atoms with Crippen molar-refractivity contribution in [1.82, 2.24) is 5.32 Å². The van der Waals surface area contributed by atoms with E-state index >= 15 is 0 Å². The van der Waals surface area contributed by atoms with E-state index < -0.39 is 11.8 Å². The molecule has 224 valence electrons. The third kappa shape index (κ3) is 7.86. The van der Waals surface area contributed by atoms with Crippen molar-refractivity contribution in [3.8, 4) is 17.2 Å². The van der Waals surface area contributed by atoms with Gasteiger partial charge in [0.1, 0.15) is 11.4 Å². The second kappa shape index (κ2) is 14.9. The molecular formula is C34H28Cl2N2O6. The number of benzene rings is 4. The van der Waals surface area contributed by atoms with Gasteiger partial charge in [0.15, 0.2) is 17.3 Å². The molecule has 10 heteroatoms. The van der Waals surface area contributed by atoms with Crippen molar-refractivity contribution in [2.24, 2.45) is 0 Å². The van der Waals surface area contributed by atoms with E-state index in [0.29, 0.717) is 55.2 Å². The van der Waals surface area contributed by atoms with Crippen LogP contribution in [-0.2, 0) is 4.79 Å². The van der Waals surface area contributed by atoms with Crippen molar-refractivity contribution in [3.63, 3.8) is 0 Å². The number of methoxy groups -OCH3 is 3. The standard InChI is InChI=1S/C34H28Cl2N2O6/c1-42-30-20-32(44-3)31(43-2)19-23(30)18-28(38-33(40)22-8-5-4-6-9-22)34(41)37-24-14-12-21(13-15-24)29(39)17-16-25-26(35)10-7-11-27(25)36/h4-20H,1-3H3,(H,37,41)(H,38,40)/b17-16+,28-18-. The van der Waals surface area contributed by atoms with E-state index in [4.69, 9.17) is 37.4 Å². The number of ketones is 1. The van der Waals surface area contributed by atoms with E-state index in [9.17, 15) is 14.4 Å². The minimum absolute atomic E-state index is 0.0657. The molecule has 2 N–H and O–H groups in total. The number of carbonyl (C=O) groups excluding carboxylic acids is 3. The van der Waals surface area contributed by atoms with Crippen LogP contribution in [0.15, 0.2) is 96.7 Å². The number of ether oxygens (including phenoxy) is 3. The van der Waals surface area contributed by atoms with Gasteiger partial charge in [-0.25, -0.2) is 0 Å². The molecular weight excluding hydrogens is 603 g/mol. The molecule has 44 heavy (non-hydrogen) atoms. The van der Waals surface area contributed by atoms with E-state index in [1.165, 1.54) is 33.5 Å². The molecule has 0 radical (unpaired) electrons. The van der Waals surface area contributed by atoms with Crippen molar-refractivity contribution < 1.29 is 28.6 Å². The van der Waals surface area contributed by atoms with Crippen molar-refractivity contribution in [3.05, 3.63) is 129 Å². The average Bonchev–Trinajstić information content (AvgIpc) is 3.04. The van der Waals surface area contributed by atoms with Crippen LogP contribution >= 0.6 is 23.2 Å². The normalized spacial score (nSPS) is 11.2. The van der Waals surface area contributed by atoms with Gasteiger partial charge in [-0.15, -0.1) is 0 Å². The summed E-state index contributed by atoms with van der Waals surface area (Å²) in [5, 5.41) is 6.30. The number of rotatable bonds is 11. The largest absolute Gasteiger partial charge is 0.496 e. The van der Waals surface area contributed by atoms with Gasteiger partial charge in [-0.05, 0) is 72.8 Å². The highest BCUT2D eigenvalue weighted by molar-refractivity contribution is 6.37. The van der Waals surface area contributed by atoms with Gasteiger partial charge in [-0.3, -0.25) is 14.4 Å². The third-order valence-electron chi connectivity index (χ3n) is 6.39. The molecule has 0 saturated heterocycles. The summed E-state index contributed by atoms with van der Waals surface area (Å²) in [5.74, 6) is -0.164. The van der Waals surface area contributed by atoms with Gasteiger partial charge < -0.3 is 24.8 Å². The fraction of sp³-hybridized carbons (Fsp3) is 0.0882. The lowest BCUT2D eigenvalue weighted by Gasteiger charge is -2.15. The first-order valence-corrected chi connectivity index (χ1v) is 14.0. The van der Waals surface area contributed by atoms with Crippen molar-refractivity contribution in [1.29, 1.82) is 0 Å². The Hall–Kier alpha value is -5.05. The number of anilines is 1. The molecule has 0 bridgehead atoms. The Kier molecular flexibility index (Phi) is 10.8. The Balaban J connectivity index is 1.60. The van der Waals surface area contributed by atoms with E-state index in [1.807, 2.05) is 0 Å². The summed E-state index contributed by atoms with van der Waals surface area (Å²) < 4.78 is 16.2. The maximum atomic E-state index is 13.5. The smallest absolute Gasteiger partial charge is 0.272 e. The number of halogens is 2. The predicted molar refractivity (Wildman–Crippen MR) is 173 cm³/mol. The minimum atomic E-state index is -0.613. The van der Waals surface area contributed by atoms with Crippen LogP contribution in [0.1, 0.15) is 31.8 Å². The van der Waals surface area contributed by atoms with Gasteiger partial charge in [0.05, 0.1) is 21.3 Å². The second-order valence-electron chi connectivity index (χ2n) is 9.19. The highest BCUT2D eigenvalue weighted by atomic mass is 35.5. The zero-order chi connectivity index (χ0) is 31.6. The van der Waals surface area contributed by atoms with Crippen LogP contribution in [0.2, 0.25) is 10.0 Å². The topological polar surface area (TPSA) is 103 Å². The van der Waals surface area contributed by atoms with Gasteiger partial charge >= 0.3 is 0 Å². The van der Waals surface area contributed by atoms with Gasteiger partial charge in [0.2, 0.25) is 0 Å². The first-order chi connectivity index (χ1) is 21.2. The molecule has 0 aliphatic heterocycles. The minimum Gasteiger partial charge on any atom is -0.496 e. The summed E-state index contributed by atoms with van der Waals surface area (Å²) in [6, 6.07) is 23.1. The predicted octanol–water partition coefficient (Wildman–Crippen LogP) is 7.32.